The first kappa shape index (κ1) is 18.4. The van der Waals surface area contributed by atoms with Gasteiger partial charge in [-0.1, -0.05) is 29.8 Å². The van der Waals surface area contributed by atoms with Crippen LogP contribution >= 0.6 is 0 Å². The van der Waals surface area contributed by atoms with Crippen molar-refractivity contribution >= 4 is 21.6 Å². The molecule has 3 atom stereocenters. The Hall–Kier alpha value is -1.99. The van der Waals surface area contributed by atoms with E-state index >= 15 is 0 Å². The Balaban J connectivity index is 1.39. The fourth-order valence-corrected chi connectivity index (χ4v) is 5.64. The van der Waals surface area contributed by atoms with Crippen LogP contribution in [0.15, 0.2) is 46.4 Å². The van der Waals surface area contributed by atoms with Crippen molar-refractivity contribution in [3.05, 3.63) is 42.0 Å². The molecule has 7 heteroatoms. The van der Waals surface area contributed by atoms with Gasteiger partial charge in [-0.3, -0.25) is 4.79 Å². The van der Waals surface area contributed by atoms with E-state index in [2.05, 4.69) is 22.7 Å². The standard InChI is InChI=1S/C20H25N3O3S/c1-14-7-9-17(10-8-14)27(25,26)23-11-3-5-16(13-23)20(24)22-21-19-12-15-4-2-6-18(15)19/h2,4,7-10,15-16,18H,3,5-6,11-13H2,1H3,(H,22,24)/b21-19-/t15-,16-,18+/m1/s1. The predicted octanol–water partition coefficient (Wildman–Crippen LogP) is 2.46. The van der Waals surface area contributed by atoms with Gasteiger partial charge >= 0.3 is 0 Å². The fourth-order valence-electron chi connectivity index (χ4n) is 4.12. The molecule has 1 heterocycles. The second-order valence-electron chi connectivity index (χ2n) is 7.73. The molecule has 3 aliphatic rings. The van der Waals surface area contributed by atoms with Gasteiger partial charge in [0.1, 0.15) is 0 Å². The molecule has 0 spiro atoms. The molecule has 2 fully saturated rings. The molecular formula is C20H25N3O3S. The van der Waals surface area contributed by atoms with Crippen LogP contribution in [-0.2, 0) is 14.8 Å². The molecule has 6 nitrogen and oxygen atoms in total. The summed E-state index contributed by atoms with van der Waals surface area (Å²) in [6.07, 6.45) is 7.68. The average molecular weight is 388 g/mol. The van der Waals surface area contributed by atoms with Crippen molar-refractivity contribution in [1.82, 2.24) is 9.73 Å². The van der Waals surface area contributed by atoms with Crippen LogP contribution in [0.25, 0.3) is 0 Å². The van der Waals surface area contributed by atoms with Crippen LogP contribution in [-0.4, -0.2) is 37.4 Å². The number of benzene rings is 1. The lowest BCUT2D eigenvalue weighted by Crippen LogP contribution is -2.45. The Morgan fingerprint density at radius 3 is 2.78 bits per heavy atom. The third-order valence-corrected chi connectivity index (χ3v) is 7.77. The molecule has 1 aromatic carbocycles. The lowest BCUT2D eigenvalue weighted by atomic mass is 9.74. The summed E-state index contributed by atoms with van der Waals surface area (Å²) in [6.45, 7) is 2.58. The highest BCUT2D eigenvalue weighted by Crippen LogP contribution is 2.40. The maximum atomic E-state index is 12.9. The van der Waals surface area contributed by atoms with Crippen molar-refractivity contribution in [2.75, 3.05) is 13.1 Å². The van der Waals surface area contributed by atoms with Crippen LogP contribution in [0.5, 0.6) is 0 Å². The van der Waals surface area contributed by atoms with Gasteiger partial charge in [0.2, 0.25) is 15.9 Å². The highest BCUT2D eigenvalue weighted by molar-refractivity contribution is 7.89. The molecule has 0 radical (unpaired) electrons. The number of hydrogen-bond donors (Lipinski definition) is 1. The zero-order valence-corrected chi connectivity index (χ0v) is 16.3. The van der Waals surface area contributed by atoms with Crippen molar-refractivity contribution in [2.45, 2.75) is 37.5 Å². The molecule has 2 aliphatic carbocycles. The van der Waals surface area contributed by atoms with Gasteiger partial charge in [0.05, 0.1) is 10.8 Å². The van der Waals surface area contributed by atoms with Crippen LogP contribution < -0.4 is 5.43 Å². The minimum atomic E-state index is -3.57. The summed E-state index contributed by atoms with van der Waals surface area (Å²) in [6, 6.07) is 6.84. The summed E-state index contributed by atoms with van der Waals surface area (Å²) in [5, 5.41) is 4.31. The molecule has 1 aliphatic heterocycles. The monoisotopic (exact) mass is 387 g/mol. The largest absolute Gasteiger partial charge is 0.273 e. The quantitative estimate of drug-likeness (QED) is 0.637. The molecule has 0 bridgehead atoms. The number of amides is 1. The molecule has 1 aromatic rings. The summed E-state index contributed by atoms with van der Waals surface area (Å²) in [5.41, 5.74) is 4.75. The first-order valence-corrected chi connectivity index (χ1v) is 11.0. The number of sulfonamides is 1. The fraction of sp³-hybridized carbons (Fsp3) is 0.500. The summed E-state index contributed by atoms with van der Waals surface area (Å²) >= 11 is 0. The molecule has 144 valence electrons. The molecule has 27 heavy (non-hydrogen) atoms. The van der Waals surface area contributed by atoms with Gasteiger partial charge in [0.25, 0.3) is 0 Å². The van der Waals surface area contributed by atoms with Gasteiger partial charge in [0, 0.05) is 24.7 Å². The summed E-state index contributed by atoms with van der Waals surface area (Å²) in [5.74, 6) is 0.502. The minimum Gasteiger partial charge on any atom is -0.273 e. The van der Waals surface area contributed by atoms with E-state index in [1.165, 1.54) is 4.31 Å². The van der Waals surface area contributed by atoms with E-state index in [0.717, 1.165) is 24.1 Å². The number of aryl methyl sites for hydroxylation is 1. The molecule has 1 saturated carbocycles. The van der Waals surface area contributed by atoms with Crippen molar-refractivity contribution in [3.63, 3.8) is 0 Å². The number of nitrogens with zero attached hydrogens (tertiary/aromatic N) is 2. The van der Waals surface area contributed by atoms with E-state index in [1.54, 1.807) is 24.3 Å². The van der Waals surface area contributed by atoms with Gasteiger partial charge in [-0.05, 0) is 50.7 Å². The van der Waals surface area contributed by atoms with Crippen molar-refractivity contribution in [3.8, 4) is 0 Å². The predicted molar refractivity (Wildman–Crippen MR) is 104 cm³/mol. The second kappa shape index (κ2) is 7.20. The Morgan fingerprint density at radius 1 is 1.26 bits per heavy atom. The van der Waals surface area contributed by atoms with E-state index in [9.17, 15) is 13.2 Å². The number of hydrazone groups is 1. The van der Waals surface area contributed by atoms with Crippen LogP contribution in [0.1, 0.15) is 31.2 Å². The smallest absolute Gasteiger partial charge is 0.244 e. The molecule has 1 amide bonds. The number of rotatable bonds is 4. The Kier molecular flexibility index (Phi) is 4.90. The summed E-state index contributed by atoms with van der Waals surface area (Å²) in [7, 11) is -3.57. The summed E-state index contributed by atoms with van der Waals surface area (Å²) < 4.78 is 27.2. The number of piperidine rings is 1. The van der Waals surface area contributed by atoms with Crippen molar-refractivity contribution in [2.24, 2.45) is 22.9 Å². The van der Waals surface area contributed by atoms with Gasteiger partial charge < -0.3 is 0 Å². The third kappa shape index (κ3) is 3.58. The van der Waals surface area contributed by atoms with Gasteiger partial charge in [-0.2, -0.15) is 9.41 Å². The number of hydrogen-bond acceptors (Lipinski definition) is 4. The topological polar surface area (TPSA) is 78.8 Å². The van der Waals surface area contributed by atoms with E-state index in [0.29, 0.717) is 31.2 Å². The number of allylic oxidation sites excluding steroid dienone is 2. The van der Waals surface area contributed by atoms with Gasteiger partial charge in [-0.25, -0.2) is 13.8 Å². The van der Waals surface area contributed by atoms with E-state index in [-0.39, 0.29) is 23.3 Å². The zero-order chi connectivity index (χ0) is 19.0. The maximum Gasteiger partial charge on any atom is 0.244 e. The highest BCUT2D eigenvalue weighted by Gasteiger charge is 2.38. The summed E-state index contributed by atoms with van der Waals surface area (Å²) in [4.78, 5) is 12.8. The minimum absolute atomic E-state index is 0.180. The van der Waals surface area contributed by atoms with Gasteiger partial charge in [0.15, 0.2) is 0 Å². The third-order valence-electron chi connectivity index (χ3n) is 5.89. The Morgan fingerprint density at radius 2 is 2.04 bits per heavy atom. The molecule has 1 N–H and O–H groups in total. The zero-order valence-electron chi connectivity index (χ0n) is 15.5. The first-order valence-electron chi connectivity index (χ1n) is 9.55. The number of carbonyl (C=O) groups excluding carboxylic acids is 1. The van der Waals surface area contributed by atoms with E-state index in [4.69, 9.17) is 0 Å². The maximum absolute atomic E-state index is 12.9. The van der Waals surface area contributed by atoms with Crippen LogP contribution in [0, 0.1) is 24.7 Å². The van der Waals surface area contributed by atoms with Crippen molar-refractivity contribution in [1.29, 1.82) is 0 Å². The molecular weight excluding hydrogens is 362 g/mol. The Bertz CT molecular complexity index is 890. The van der Waals surface area contributed by atoms with Crippen LogP contribution in [0.2, 0.25) is 0 Å². The first-order chi connectivity index (χ1) is 12.9. The Labute approximate surface area is 160 Å². The van der Waals surface area contributed by atoms with Gasteiger partial charge in [-0.15, -0.1) is 0 Å². The number of nitrogens with one attached hydrogen (secondary N) is 1. The number of fused-ring (bicyclic) bond motifs is 1. The highest BCUT2D eigenvalue weighted by atomic mass is 32.2. The SMILES string of the molecule is Cc1ccc(S(=O)(=O)N2CCC[C@@H](C(=O)N/N=C3/C[C@H]4C=CC[C@H]34)C2)cc1. The molecule has 4 rings (SSSR count). The van der Waals surface area contributed by atoms with Crippen LogP contribution in [0.4, 0.5) is 0 Å². The lowest BCUT2D eigenvalue weighted by Gasteiger charge is -2.33. The van der Waals surface area contributed by atoms with E-state index < -0.39 is 10.0 Å². The molecule has 1 saturated heterocycles. The van der Waals surface area contributed by atoms with E-state index in [1.807, 2.05) is 6.92 Å². The second-order valence-corrected chi connectivity index (χ2v) is 9.67. The average Bonchev–Trinajstić information content (AvgIpc) is 3.03. The lowest BCUT2D eigenvalue weighted by molar-refractivity contribution is -0.126. The normalized spacial score (nSPS) is 29.4. The number of carbonyl (C=O) groups is 1. The van der Waals surface area contributed by atoms with Crippen LogP contribution in [0.3, 0.4) is 0 Å². The van der Waals surface area contributed by atoms with Crippen molar-refractivity contribution < 1.29 is 13.2 Å². The molecule has 0 aromatic heterocycles. The molecule has 0 unspecified atom stereocenters.